The standard InChI is InChI=1S/C26H30N2O2/c1-19(2)14-26(29)28-24-12-7-11-23(16-24)27-17-21-9-6-13-25(15-21)30-18-22-10-5-4-8-20(22)3/h4-13,15-16,19,27H,14,17-18H2,1-3H3,(H,28,29). The van der Waals surface area contributed by atoms with E-state index in [0.29, 0.717) is 25.5 Å². The first-order valence-corrected chi connectivity index (χ1v) is 10.4. The van der Waals surface area contributed by atoms with Crippen LogP contribution in [-0.4, -0.2) is 5.91 Å². The van der Waals surface area contributed by atoms with E-state index in [4.69, 9.17) is 4.74 Å². The summed E-state index contributed by atoms with van der Waals surface area (Å²) in [5.74, 6) is 1.24. The van der Waals surface area contributed by atoms with E-state index in [2.05, 4.69) is 41.8 Å². The minimum absolute atomic E-state index is 0.0423. The summed E-state index contributed by atoms with van der Waals surface area (Å²) in [6.07, 6.45) is 0.521. The molecule has 0 saturated heterocycles. The maximum absolute atomic E-state index is 12.0. The second-order valence-corrected chi connectivity index (χ2v) is 7.94. The summed E-state index contributed by atoms with van der Waals surface area (Å²) in [6, 6.07) is 24.2. The fourth-order valence-corrected chi connectivity index (χ4v) is 3.17. The first kappa shape index (κ1) is 21.4. The van der Waals surface area contributed by atoms with E-state index in [0.717, 1.165) is 22.7 Å². The Kier molecular flexibility index (Phi) is 7.50. The van der Waals surface area contributed by atoms with Gasteiger partial charge in [-0.25, -0.2) is 0 Å². The molecule has 3 rings (SSSR count). The lowest BCUT2D eigenvalue weighted by Crippen LogP contribution is -2.13. The summed E-state index contributed by atoms with van der Waals surface area (Å²) in [5, 5.41) is 6.38. The van der Waals surface area contributed by atoms with Crippen LogP contribution in [0.1, 0.15) is 37.0 Å². The molecule has 0 aliphatic heterocycles. The Labute approximate surface area is 179 Å². The molecule has 0 atom stereocenters. The van der Waals surface area contributed by atoms with Crippen molar-refractivity contribution in [3.8, 4) is 5.75 Å². The molecule has 0 fully saturated rings. The molecule has 3 aromatic carbocycles. The molecule has 4 nitrogen and oxygen atoms in total. The van der Waals surface area contributed by atoms with Gasteiger partial charge in [-0.05, 0) is 59.9 Å². The molecule has 156 valence electrons. The van der Waals surface area contributed by atoms with Gasteiger partial charge in [-0.3, -0.25) is 4.79 Å². The van der Waals surface area contributed by atoms with Gasteiger partial charge in [0.2, 0.25) is 5.91 Å². The second-order valence-electron chi connectivity index (χ2n) is 7.94. The molecule has 0 heterocycles. The Bertz CT molecular complexity index is 982. The van der Waals surface area contributed by atoms with Gasteiger partial charge in [0, 0.05) is 24.3 Å². The topological polar surface area (TPSA) is 50.4 Å². The van der Waals surface area contributed by atoms with Crippen molar-refractivity contribution < 1.29 is 9.53 Å². The van der Waals surface area contributed by atoms with Crippen molar-refractivity contribution in [3.05, 3.63) is 89.5 Å². The smallest absolute Gasteiger partial charge is 0.224 e. The van der Waals surface area contributed by atoms with Crippen LogP contribution in [0.15, 0.2) is 72.8 Å². The van der Waals surface area contributed by atoms with Crippen LogP contribution < -0.4 is 15.4 Å². The van der Waals surface area contributed by atoms with Crippen LogP contribution in [0.4, 0.5) is 11.4 Å². The van der Waals surface area contributed by atoms with Crippen LogP contribution >= 0.6 is 0 Å². The zero-order chi connectivity index (χ0) is 21.3. The molecular weight excluding hydrogens is 372 g/mol. The summed E-state index contributed by atoms with van der Waals surface area (Å²) >= 11 is 0. The highest BCUT2D eigenvalue weighted by molar-refractivity contribution is 5.91. The zero-order valence-corrected chi connectivity index (χ0v) is 17.9. The van der Waals surface area contributed by atoms with Crippen LogP contribution in [0.3, 0.4) is 0 Å². The van der Waals surface area contributed by atoms with Crippen LogP contribution in [0, 0.1) is 12.8 Å². The first-order chi connectivity index (χ1) is 14.5. The van der Waals surface area contributed by atoms with Gasteiger partial charge in [0.25, 0.3) is 0 Å². The third-order valence-electron chi connectivity index (χ3n) is 4.79. The lowest BCUT2D eigenvalue weighted by Gasteiger charge is -2.12. The number of hydrogen-bond acceptors (Lipinski definition) is 3. The van der Waals surface area contributed by atoms with Gasteiger partial charge in [0.05, 0.1) is 0 Å². The lowest BCUT2D eigenvalue weighted by molar-refractivity contribution is -0.116. The predicted molar refractivity (Wildman–Crippen MR) is 124 cm³/mol. The summed E-state index contributed by atoms with van der Waals surface area (Å²) < 4.78 is 5.98. The molecule has 0 radical (unpaired) electrons. The first-order valence-electron chi connectivity index (χ1n) is 10.4. The summed E-state index contributed by atoms with van der Waals surface area (Å²) in [5.41, 5.74) is 5.32. The molecule has 0 aliphatic rings. The largest absolute Gasteiger partial charge is 0.489 e. The maximum Gasteiger partial charge on any atom is 0.224 e. The van der Waals surface area contributed by atoms with E-state index in [1.54, 1.807) is 0 Å². The summed E-state index contributed by atoms with van der Waals surface area (Å²) in [4.78, 5) is 12.0. The third kappa shape index (κ3) is 6.66. The van der Waals surface area contributed by atoms with Crippen LogP contribution in [-0.2, 0) is 17.9 Å². The molecule has 0 bridgehead atoms. The number of carbonyl (C=O) groups excluding carboxylic acids is 1. The minimum atomic E-state index is 0.0423. The van der Waals surface area contributed by atoms with Gasteiger partial charge >= 0.3 is 0 Å². The van der Waals surface area contributed by atoms with Crippen molar-refractivity contribution in [2.75, 3.05) is 10.6 Å². The Morgan fingerprint density at radius 3 is 2.50 bits per heavy atom. The molecule has 4 heteroatoms. The monoisotopic (exact) mass is 402 g/mol. The molecule has 1 amide bonds. The van der Waals surface area contributed by atoms with E-state index >= 15 is 0 Å². The van der Waals surface area contributed by atoms with Crippen LogP contribution in [0.2, 0.25) is 0 Å². The Balaban J connectivity index is 1.56. The number of amides is 1. The van der Waals surface area contributed by atoms with Gasteiger partial charge in [-0.1, -0.05) is 56.3 Å². The minimum Gasteiger partial charge on any atom is -0.489 e. The lowest BCUT2D eigenvalue weighted by atomic mass is 10.1. The van der Waals surface area contributed by atoms with Gasteiger partial charge in [0.15, 0.2) is 0 Å². The van der Waals surface area contributed by atoms with Gasteiger partial charge in [-0.2, -0.15) is 0 Å². The van der Waals surface area contributed by atoms with E-state index in [-0.39, 0.29) is 5.91 Å². The van der Waals surface area contributed by atoms with Crippen molar-refractivity contribution in [1.82, 2.24) is 0 Å². The average molecular weight is 403 g/mol. The fraction of sp³-hybridized carbons (Fsp3) is 0.269. The highest BCUT2D eigenvalue weighted by atomic mass is 16.5. The molecule has 0 aliphatic carbocycles. The number of rotatable bonds is 9. The average Bonchev–Trinajstić information content (AvgIpc) is 2.72. The number of nitrogens with one attached hydrogen (secondary N) is 2. The molecular formula is C26H30N2O2. The van der Waals surface area contributed by atoms with Gasteiger partial charge in [0.1, 0.15) is 12.4 Å². The molecule has 0 spiro atoms. The highest BCUT2D eigenvalue weighted by Gasteiger charge is 2.06. The van der Waals surface area contributed by atoms with Gasteiger partial charge in [-0.15, -0.1) is 0 Å². The Morgan fingerprint density at radius 2 is 1.70 bits per heavy atom. The Hall–Kier alpha value is -3.27. The van der Waals surface area contributed by atoms with Gasteiger partial charge < -0.3 is 15.4 Å². The predicted octanol–water partition coefficient (Wildman–Crippen LogP) is 6.17. The van der Waals surface area contributed by atoms with E-state index in [9.17, 15) is 4.79 Å². The van der Waals surface area contributed by atoms with Crippen molar-refractivity contribution in [3.63, 3.8) is 0 Å². The number of carbonyl (C=O) groups is 1. The summed E-state index contributed by atoms with van der Waals surface area (Å²) in [6.45, 7) is 7.40. The highest BCUT2D eigenvalue weighted by Crippen LogP contribution is 2.20. The fourth-order valence-electron chi connectivity index (χ4n) is 3.17. The molecule has 0 aromatic heterocycles. The summed E-state index contributed by atoms with van der Waals surface area (Å²) in [7, 11) is 0. The zero-order valence-electron chi connectivity index (χ0n) is 17.9. The van der Waals surface area contributed by atoms with Crippen molar-refractivity contribution in [1.29, 1.82) is 0 Å². The van der Waals surface area contributed by atoms with E-state index < -0.39 is 0 Å². The molecule has 0 saturated carbocycles. The van der Waals surface area contributed by atoms with Crippen molar-refractivity contribution in [2.24, 2.45) is 5.92 Å². The van der Waals surface area contributed by atoms with Crippen LogP contribution in [0.25, 0.3) is 0 Å². The maximum atomic E-state index is 12.0. The number of benzene rings is 3. The van der Waals surface area contributed by atoms with Crippen molar-refractivity contribution >= 4 is 17.3 Å². The third-order valence-corrected chi connectivity index (χ3v) is 4.79. The normalized spacial score (nSPS) is 10.7. The number of aryl methyl sites for hydroxylation is 1. The number of ether oxygens (including phenoxy) is 1. The molecule has 30 heavy (non-hydrogen) atoms. The number of hydrogen-bond donors (Lipinski definition) is 2. The van der Waals surface area contributed by atoms with Crippen LogP contribution in [0.5, 0.6) is 5.75 Å². The number of anilines is 2. The molecule has 0 unspecified atom stereocenters. The van der Waals surface area contributed by atoms with Crippen molar-refractivity contribution in [2.45, 2.75) is 40.3 Å². The molecule has 2 N–H and O–H groups in total. The quantitative estimate of drug-likeness (QED) is 0.450. The van der Waals surface area contributed by atoms with E-state index in [1.165, 1.54) is 11.1 Å². The second kappa shape index (κ2) is 10.5. The SMILES string of the molecule is Cc1ccccc1COc1cccc(CNc2cccc(NC(=O)CC(C)C)c2)c1. The Morgan fingerprint density at radius 1 is 0.933 bits per heavy atom. The molecule has 3 aromatic rings. The van der Waals surface area contributed by atoms with E-state index in [1.807, 2.05) is 62.4 Å².